The fraction of sp³-hybridized carbons (Fsp3) is 0.448. The van der Waals surface area contributed by atoms with Crippen LogP contribution < -0.4 is 5.32 Å². The molecule has 2 aromatic rings. The number of hydrogen-bond donors (Lipinski definition) is 1. The van der Waals surface area contributed by atoms with Crippen molar-refractivity contribution in [1.29, 1.82) is 0 Å². The Morgan fingerprint density at radius 1 is 0.974 bits per heavy atom. The van der Waals surface area contributed by atoms with Crippen LogP contribution in [-0.2, 0) is 36.8 Å². The van der Waals surface area contributed by atoms with Gasteiger partial charge in [0.1, 0.15) is 18.8 Å². The summed E-state index contributed by atoms with van der Waals surface area (Å²) in [5.74, 6) is -2.41. The van der Waals surface area contributed by atoms with Gasteiger partial charge < -0.3 is 19.5 Å². The molecule has 0 unspecified atom stereocenters. The minimum absolute atomic E-state index is 0.0306. The van der Waals surface area contributed by atoms with Crippen molar-refractivity contribution in [3.63, 3.8) is 0 Å². The molecule has 1 heterocycles. The monoisotopic (exact) mass is 524 g/mol. The Hall–Kier alpha value is -3.88. The van der Waals surface area contributed by atoms with Crippen LogP contribution in [0.4, 0.5) is 9.59 Å². The molecule has 0 spiro atoms. The van der Waals surface area contributed by atoms with Gasteiger partial charge in [-0.3, -0.25) is 9.59 Å². The zero-order valence-electron chi connectivity index (χ0n) is 22.6. The van der Waals surface area contributed by atoms with Gasteiger partial charge >= 0.3 is 18.2 Å². The van der Waals surface area contributed by atoms with E-state index in [-0.39, 0.29) is 19.6 Å². The van der Waals surface area contributed by atoms with Crippen molar-refractivity contribution in [2.75, 3.05) is 6.61 Å². The maximum Gasteiger partial charge on any atom is 0.416 e. The van der Waals surface area contributed by atoms with Crippen LogP contribution >= 0.6 is 0 Å². The van der Waals surface area contributed by atoms with Gasteiger partial charge in [-0.1, -0.05) is 60.7 Å². The van der Waals surface area contributed by atoms with E-state index in [1.54, 1.807) is 34.6 Å². The normalized spacial score (nSPS) is 16.4. The first-order chi connectivity index (χ1) is 17.9. The third kappa shape index (κ3) is 8.06. The third-order valence-electron chi connectivity index (χ3n) is 6.12. The summed E-state index contributed by atoms with van der Waals surface area (Å²) >= 11 is 0. The molecule has 9 nitrogen and oxygen atoms in total. The first kappa shape index (κ1) is 28.7. The number of esters is 1. The lowest BCUT2D eigenvalue weighted by atomic mass is 9.83. The standard InChI is InChI=1S/C29H36N2O7/c1-28(2,3)38-26(34)30-29(4,5)23(17-24(32)36-18-21-14-10-7-11-15-21)25(33)31-22(19-37-27(31)35)16-20-12-8-6-9-13-20/h6-15,22-23H,16-19H2,1-5H3,(H,30,34)/t22-,23-/m1/s1. The van der Waals surface area contributed by atoms with Crippen LogP contribution in [0.1, 0.15) is 52.2 Å². The molecule has 1 fully saturated rings. The van der Waals surface area contributed by atoms with Gasteiger partial charge in [-0.05, 0) is 52.2 Å². The molecule has 3 rings (SSSR count). The average Bonchev–Trinajstić information content (AvgIpc) is 3.20. The predicted octanol–water partition coefficient (Wildman–Crippen LogP) is 4.63. The summed E-state index contributed by atoms with van der Waals surface area (Å²) in [5.41, 5.74) is -0.321. The molecule has 1 saturated heterocycles. The van der Waals surface area contributed by atoms with E-state index >= 15 is 0 Å². The van der Waals surface area contributed by atoms with E-state index in [1.165, 1.54) is 0 Å². The number of alkyl carbamates (subject to hydrolysis) is 1. The smallest absolute Gasteiger partial charge is 0.416 e. The van der Waals surface area contributed by atoms with Crippen LogP contribution in [-0.4, -0.2) is 52.8 Å². The summed E-state index contributed by atoms with van der Waals surface area (Å²) < 4.78 is 16.0. The number of nitrogens with zero attached hydrogens (tertiary/aromatic N) is 1. The van der Waals surface area contributed by atoms with Gasteiger partial charge in [0, 0.05) is 5.54 Å². The molecule has 0 aromatic heterocycles. The molecule has 3 amide bonds. The largest absolute Gasteiger partial charge is 0.461 e. The van der Waals surface area contributed by atoms with Gasteiger partial charge in [-0.15, -0.1) is 0 Å². The highest BCUT2D eigenvalue weighted by Crippen LogP contribution is 2.29. The van der Waals surface area contributed by atoms with Crippen LogP contribution in [0, 0.1) is 5.92 Å². The molecule has 2 aromatic carbocycles. The summed E-state index contributed by atoms with van der Waals surface area (Å²) in [6, 6.07) is 18.0. The lowest BCUT2D eigenvalue weighted by molar-refractivity contribution is -0.151. The van der Waals surface area contributed by atoms with E-state index in [2.05, 4.69) is 5.32 Å². The second kappa shape index (κ2) is 12.1. The van der Waals surface area contributed by atoms with E-state index in [1.807, 2.05) is 60.7 Å². The Bertz CT molecular complexity index is 1130. The van der Waals surface area contributed by atoms with Gasteiger partial charge in [0.05, 0.1) is 18.4 Å². The second-order valence-electron chi connectivity index (χ2n) is 10.9. The molecular weight excluding hydrogens is 488 g/mol. The number of hydrogen-bond acceptors (Lipinski definition) is 7. The van der Waals surface area contributed by atoms with Crippen molar-refractivity contribution < 1.29 is 33.4 Å². The van der Waals surface area contributed by atoms with Gasteiger partial charge in [0.2, 0.25) is 5.91 Å². The SMILES string of the molecule is CC(C)(C)OC(=O)NC(C)(C)[C@H](CC(=O)OCc1ccccc1)C(=O)N1C(=O)OC[C@H]1Cc1ccccc1. The number of carbonyl (C=O) groups is 4. The number of cyclic esters (lactones) is 1. The topological polar surface area (TPSA) is 111 Å². The van der Waals surface area contributed by atoms with Crippen LogP contribution in [0.5, 0.6) is 0 Å². The molecule has 1 aliphatic heterocycles. The van der Waals surface area contributed by atoms with Gasteiger partial charge in [0.25, 0.3) is 0 Å². The summed E-state index contributed by atoms with van der Waals surface area (Å²) in [7, 11) is 0. The van der Waals surface area contributed by atoms with Crippen molar-refractivity contribution >= 4 is 24.1 Å². The highest BCUT2D eigenvalue weighted by atomic mass is 16.6. The summed E-state index contributed by atoms with van der Waals surface area (Å²) in [6.07, 6.45) is -1.51. The maximum atomic E-state index is 13.9. The molecule has 204 valence electrons. The van der Waals surface area contributed by atoms with Crippen molar-refractivity contribution in [3.05, 3.63) is 71.8 Å². The highest BCUT2D eigenvalue weighted by Gasteiger charge is 2.47. The van der Waals surface area contributed by atoms with E-state index < -0.39 is 47.2 Å². The molecule has 2 atom stereocenters. The molecule has 1 aliphatic rings. The number of imide groups is 1. The zero-order chi connectivity index (χ0) is 27.9. The first-order valence-electron chi connectivity index (χ1n) is 12.6. The molecule has 0 radical (unpaired) electrons. The number of carbonyl (C=O) groups excluding carboxylic acids is 4. The summed E-state index contributed by atoms with van der Waals surface area (Å²) in [4.78, 5) is 53.2. The minimum Gasteiger partial charge on any atom is -0.461 e. The van der Waals surface area contributed by atoms with E-state index in [4.69, 9.17) is 14.2 Å². The Labute approximate surface area is 223 Å². The Morgan fingerprint density at radius 2 is 1.55 bits per heavy atom. The molecule has 38 heavy (non-hydrogen) atoms. The highest BCUT2D eigenvalue weighted by molar-refractivity contribution is 5.97. The number of amides is 3. The van der Waals surface area contributed by atoms with Gasteiger partial charge in [-0.2, -0.15) is 0 Å². The van der Waals surface area contributed by atoms with E-state index in [0.29, 0.717) is 6.42 Å². The quantitative estimate of drug-likeness (QED) is 0.376. The van der Waals surface area contributed by atoms with Crippen molar-refractivity contribution in [3.8, 4) is 0 Å². The number of benzene rings is 2. The van der Waals surface area contributed by atoms with Gasteiger partial charge in [0.15, 0.2) is 0 Å². The van der Waals surface area contributed by atoms with E-state index in [9.17, 15) is 19.2 Å². The van der Waals surface area contributed by atoms with Crippen LogP contribution in [0.15, 0.2) is 60.7 Å². The fourth-order valence-corrected chi connectivity index (χ4v) is 4.20. The number of nitrogens with one attached hydrogen (secondary N) is 1. The van der Waals surface area contributed by atoms with E-state index in [0.717, 1.165) is 16.0 Å². The first-order valence-corrected chi connectivity index (χ1v) is 12.6. The molecule has 0 saturated carbocycles. The lowest BCUT2D eigenvalue weighted by Crippen LogP contribution is -2.57. The maximum absolute atomic E-state index is 13.9. The van der Waals surface area contributed by atoms with Crippen LogP contribution in [0.2, 0.25) is 0 Å². The number of rotatable bonds is 9. The van der Waals surface area contributed by atoms with Crippen molar-refractivity contribution in [1.82, 2.24) is 10.2 Å². The lowest BCUT2D eigenvalue weighted by Gasteiger charge is -2.36. The summed E-state index contributed by atoms with van der Waals surface area (Å²) in [5, 5.41) is 2.71. The molecular formula is C29H36N2O7. The Morgan fingerprint density at radius 3 is 2.13 bits per heavy atom. The van der Waals surface area contributed by atoms with Crippen molar-refractivity contribution in [2.45, 2.75) is 71.2 Å². The molecule has 0 bridgehead atoms. The predicted molar refractivity (Wildman–Crippen MR) is 140 cm³/mol. The van der Waals surface area contributed by atoms with Crippen LogP contribution in [0.25, 0.3) is 0 Å². The minimum atomic E-state index is -1.27. The average molecular weight is 525 g/mol. The summed E-state index contributed by atoms with van der Waals surface area (Å²) in [6.45, 7) is 8.44. The fourth-order valence-electron chi connectivity index (χ4n) is 4.20. The zero-order valence-corrected chi connectivity index (χ0v) is 22.6. The van der Waals surface area contributed by atoms with Gasteiger partial charge in [-0.25, -0.2) is 14.5 Å². The number of ether oxygens (including phenoxy) is 3. The van der Waals surface area contributed by atoms with Crippen LogP contribution in [0.3, 0.4) is 0 Å². The Balaban J connectivity index is 1.82. The third-order valence-corrected chi connectivity index (χ3v) is 6.12. The molecule has 0 aliphatic carbocycles. The van der Waals surface area contributed by atoms with Crippen molar-refractivity contribution in [2.24, 2.45) is 5.92 Å². The Kier molecular flexibility index (Phi) is 9.14. The molecule has 1 N–H and O–H groups in total. The molecule has 9 heteroatoms. The second-order valence-corrected chi connectivity index (χ2v) is 10.9.